The maximum Gasteiger partial charge on any atom is 0.187 e. The average Bonchev–Trinajstić information content (AvgIpc) is 2.59. The van der Waals surface area contributed by atoms with E-state index in [2.05, 4.69) is 17.1 Å². The monoisotopic (exact) mass is 161 g/mol. The first-order valence-corrected chi connectivity index (χ1v) is 4.15. The Morgan fingerprint density at radius 3 is 2.75 bits per heavy atom. The number of rotatable bonds is 2. The zero-order valence-electron chi connectivity index (χ0n) is 6.86. The fourth-order valence-corrected chi connectivity index (χ4v) is 1.26. The van der Waals surface area contributed by atoms with Gasteiger partial charge in [0.05, 0.1) is 6.54 Å². The highest BCUT2D eigenvalue weighted by atomic mass is 16.5. The van der Waals surface area contributed by atoms with Gasteiger partial charge in [-0.2, -0.15) is 0 Å². The highest BCUT2D eigenvalue weighted by molar-refractivity contribution is 5.79. The van der Waals surface area contributed by atoms with E-state index in [1.165, 1.54) is 5.56 Å². The van der Waals surface area contributed by atoms with Crippen molar-refractivity contribution in [3.05, 3.63) is 35.9 Å². The molecule has 12 heavy (non-hydrogen) atoms. The highest BCUT2D eigenvalue weighted by Gasteiger charge is 2.06. The minimum atomic E-state index is 0.752. The van der Waals surface area contributed by atoms with Crippen LogP contribution in [0.1, 0.15) is 5.56 Å². The van der Waals surface area contributed by atoms with Gasteiger partial charge in [-0.1, -0.05) is 30.3 Å². The SMILES string of the molecule is c1ccc(CC2=NCCO2)cc1. The van der Waals surface area contributed by atoms with Crippen LogP contribution in [0.2, 0.25) is 0 Å². The van der Waals surface area contributed by atoms with Gasteiger partial charge in [0.2, 0.25) is 0 Å². The lowest BCUT2D eigenvalue weighted by Crippen LogP contribution is -2.02. The summed E-state index contributed by atoms with van der Waals surface area (Å²) in [6, 6.07) is 10.3. The van der Waals surface area contributed by atoms with E-state index >= 15 is 0 Å². The van der Waals surface area contributed by atoms with Gasteiger partial charge >= 0.3 is 0 Å². The van der Waals surface area contributed by atoms with E-state index in [4.69, 9.17) is 4.74 Å². The summed E-state index contributed by atoms with van der Waals surface area (Å²) in [5, 5.41) is 0. The lowest BCUT2D eigenvalue weighted by atomic mass is 10.1. The molecule has 0 aliphatic carbocycles. The number of aliphatic imine (C=N–C) groups is 1. The molecule has 0 aromatic heterocycles. The molecule has 2 rings (SSSR count). The molecule has 0 fully saturated rings. The second-order valence-electron chi connectivity index (χ2n) is 2.79. The number of hydrogen-bond donors (Lipinski definition) is 0. The van der Waals surface area contributed by atoms with Crippen molar-refractivity contribution in [2.75, 3.05) is 13.2 Å². The van der Waals surface area contributed by atoms with E-state index in [-0.39, 0.29) is 0 Å². The molecule has 2 heteroatoms. The van der Waals surface area contributed by atoms with E-state index in [1.54, 1.807) is 0 Å². The summed E-state index contributed by atoms with van der Waals surface area (Å²) >= 11 is 0. The molecule has 0 saturated carbocycles. The third kappa shape index (κ3) is 1.64. The second kappa shape index (κ2) is 3.39. The van der Waals surface area contributed by atoms with Crippen molar-refractivity contribution in [1.29, 1.82) is 0 Å². The lowest BCUT2D eigenvalue weighted by molar-refractivity contribution is 0.341. The summed E-state index contributed by atoms with van der Waals surface area (Å²) in [6.45, 7) is 1.57. The zero-order chi connectivity index (χ0) is 8.23. The molecule has 0 amide bonds. The summed E-state index contributed by atoms with van der Waals surface area (Å²) in [5.41, 5.74) is 1.26. The summed E-state index contributed by atoms with van der Waals surface area (Å²) in [7, 11) is 0. The van der Waals surface area contributed by atoms with E-state index in [0.29, 0.717) is 0 Å². The van der Waals surface area contributed by atoms with Gasteiger partial charge < -0.3 is 4.74 Å². The second-order valence-corrected chi connectivity index (χ2v) is 2.79. The normalized spacial score (nSPS) is 15.5. The van der Waals surface area contributed by atoms with Gasteiger partial charge in [0, 0.05) is 6.42 Å². The van der Waals surface area contributed by atoms with Crippen LogP contribution in [-0.4, -0.2) is 19.0 Å². The maximum absolute atomic E-state index is 5.31. The Bertz CT molecular complexity index is 279. The molecule has 0 atom stereocenters. The molecule has 2 nitrogen and oxygen atoms in total. The van der Waals surface area contributed by atoms with Crippen LogP contribution in [0.5, 0.6) is 0 Å². The topological polar surface area (TPSA) is 21.6 Å². The Morgan fingerprint density at radius 2 is 2.08 bits per heavy atom. The number of ether oxygens (including phenoxy) is 1. The van der Waals surface area contributed by atoms with Crippen molar-refractivity contribution in [3.63, 3.8) is 0 Å². The first-order chi connectivity index (χ1) is 5.95. The average molecular weight is 161 g/mol. The Morgan fingerprint density at radius 1 is 1.25 bits per heavy atom. The molecule has 1 aliphatic rings. The van der Waals surface area contributed by atoms with Crippen LogP contribution in [0.3, 0.4) is 0 Å². The highest BCUT2D eigenvalue weighted by Crippen LogP contribution is 2.04. The summed E-state index contributed by atoms with van der Waals surface area (Å²) in [5.74, 6) is 0.876. The van der Waals surface area contributed by atoms with Crippen molar-refractivity contribution in [2.45, 2.75) is 6.42 Å². The number of hydrogen-bond acceptors (Lipinski definition) is 2. The van der Waals surface area contributed by atoms with Crippen LogP contribution >= 0.6 is 0 Å². The van der Waals surface area contributed by atoms with E-state index in [0.717, 1.165) is 25.5 Å². The third-order valence-electron chi connectivity index (χ3n) is 1.85. The fraction of sp³-hybridized carbons (Fsp3) is 0.300. The van der Waals surface area contributed by atoms with Crippen molar-refractivity contribution in [1.82, 2.24) is 0 Å². The van der Waals surface area contributed by atoms with Gasteiger partial charge in [-0.3, -0.25) is 4.99 Å². The Labute approximate surface area is 71.9 Å². The molecule has 1 aromatic rings. The first-order valence-electron chi connectivity index (χ1n) is 4.15. The summed E-state index contributed by atoms with van der Waals surface area (Å²) in [6.07, 6.45) is 0.834. The smallest absolute Gasteiger partial charge is 0.187 e. The Balaban J connectivity index is 2.04. The molecule has 1 heterocycles. The molecular formula is C10H11NO. The van der Waals surface area contributed by atoms with Crippen LogP contribution in [0, 0.1) is 0 Å². The zero-order valence-corrected chi connectivity index (χ0v) is 6.86. The molecule has 0 N–H and O–H groups in total. The number of benzene rings is 1. The quantitative estimate of drug-likeness (QED) is 0.646. The van der Waals surface area contributed by atoms with Crippen LogP contribution in [0.25, 0.3) is 0 Å². The molecule has 0 saturated heterocycles. The maximum atomic E-state index is 5.31. The van der Waals surface area contributed by atoms with Crippen LogP contribution in [-0.2, 0) is 11.2 Å². The fourth-order valence-electron chi connectivity index (χ4n) is 1.26. The van der Waals surface area contributed by atoms with Gasteiger partial charge in [-0.25, -0.2) is 0 Å². The number of nitrogens with zero attached hydrogens (tertiary/aromatic N) is 1. The minimum Gasteiger partial charge on any atom is -0.479 e. The van der Waals surface area contributed by atoms with Gasteiger partial charge in [0.25, 0.3) is 0 Å². The van der Waals surface area contributed by atoms with Crippen molar-refractivity contribution < 1.29 is 4.74 Å². The predicted molar refractivity (Wildman–Crippen MR) is 48.4 cm³/mol. The molecular weight excluding hydrogens is 150 g/mol. The standard InChI is InChI=1S/C10H11NO/c1-2-4-9(5-3-1)8-10-11-6-7-12-10/h1-5H,6-8H2. The van der Waals surface area contributed by atoms with Crippen LogP contribution in [0.4, 0.5) is 0 Å². The Hall–Kier alpha value is -1.31. The van der Waals surface area contributed by atoms with Gasteiger partial charge in [0.15, 0.2) is 5.90 Å². The van der Waals surface area contributed by atoms with E-state index in [1.807, 2.05) is 18.2 Å². The summed E-state index contributed by atoms with van der Waals surface area (Å²) < 4.78 is 5.31. The molecule has 1 aromatic carbocycles. The molecule has 0 spiro atoms. The van der Waals surface area contributed by atoms with E-state index < -0.39 is 0 Å². The Kier molecular flexibility index (Phi) is 2.08. The summed E-state index contributed by atoms with van der Waals surface area (Å²) in [4.78, 5) is 4.23. The third-order valence-corrected chi connectivity index (χ3v) is 1.85. The van der Waals surface area contributed by atoms with Crippen molar-refractivity contribution >= 4 is 5.90 Å². The van der Waals surface area contributed by atoms with Gasteiger partial charge in [0.1, 0.15) is 6.61 Å². The van der Waals surface area contributed by atoms with E-state index in [9.17, 15) is 0 Å². The van der Waals surface area contributed by atoms with Gasteiger partial charge in [-0.05, 0) is 5.56 Å². The molecule has 1 aliphatic heterocycles. The van der Waals surface area contributed by atoms with Crippen LogP contribution < -0.4 is 0 Å². The molecule has 62 valence electrons. The van der Waals surface area contributed by atoms with Gasteiger partial charge in [-0.15, -0.1) is 0 Å². The molecule has 0 unspecified atom stereocenters. The van der Waals surface area contributed by atoms with Crippen molar-refractivity contribution in [2.24, 2.45) is 4.99 Å². The minimum absolute atomic E-state index is 0.752. The van der Waals surface area contributed by atoms with Crippen LogP contribution in [0.15, 0.2) is 35.3 Å². The molecule has 0 radical (unpaired) electrons. The lowest BCUT2D eigenvalue weighted by Gasteiger charge is -2.00. The molecule has 0 bridgehead atoms. The first kappa shape index (κ1) is 7.35. The largest absolute Gasteiger partial charge is 0.479 e. The van der Waals surface area contributed by atoms with Crippen molar-refractivity contribution in [3.8, 4) is 0 Å². The predicted octanol–water partition coefficient (Wildman–Crippen LogP) is 1.66.